The Hall–Kier alpha value is -2.26. The van der Waals surface area contributed by atoms with Crippen molar-refractivity contribution in [3.05, 3.63) is 35.9 Å². The van der Waals surface area contributed by atoms with Crippen LogP contribution in [-0.4, -0.2) is 18.9 Å². The molecule has 20 heavy (non-hydrogen) atoms. The van der Waals surface area contributed by atoms with E-state index >= 15 is 0 Å². The molecule has 0 saturated heterocycles. The summed E-state index contributed by atoms with van der Waals surface area (Å²) in [5, 5.41) is 9.79. The number of hydrogen-bond donors (Lipinski definition) is 0. The molecule has 0 N–H and O–H groups in total. The maximum atomic E-state index is 8.98. The molecule has 1 fully saturated rings. The SMILES string of the molecule is N#CCc1nc2ccccc2n1-c1nc(C2CC2)ns1. The summed E-state index contributed by atoms with van der Waals surface area (Å²) in [5.74, 6) is 2.20. The van der Waals surface area contributed by atoms with Crippen molar-refractivity contribution in [2.45, 2.75) is 25.2 Å². The average molecular weight is 281 g/mol. The minimum atomic E-state index is 0.271. The van der Waals surface area contributed by atoms with E-state index in [1.54, 1.807) is 0 Å². The molecule has 4 rings (SSSR count). The number of nitriles is 1. The van der Waals surface area contributed by atoms with Gasteiger partial charge < -0.3 is 0 Å². The van der Waals surface area contributed by atoms with Gasteiger partial charge in [-0.15, -0.1) is 0 Å². The van der Waals surface area contributed by atoms with Crippen molar-refractivity contribution in [2.24, 2.45) is 0 Å². The van der Waals surface area contributed by atoms with Gasteiger partial charge in [0.15, 0.2) is 0 Å². The lowest BCUT2D eigenvalue weighted by Gasteiger charge is -2.01. The number of nitrogens with zero attached hydrogens (tertiary/aromatic N) is 5. The van der Waals surface area contributed by atoms with Crippen LogP contribution in [0.25, 0.3) is 16.2 Å². The molecule has 1 saturated carbocycles. The highest BCUT2D eigenvalue weighted by Crippen LogP contribution is 2.39. The van der Waals surface area contributed by atoms with Gasteiger partial charge in [0.25, 0.3) is 0 Å². The fourth-order valence-corrected chi connectivity index (χ4v) is 3.09. The number of imidazole rings is 1. The molecule has 1 aliphatic carbocycles. The molecule has 3 aromatic rings. The Balaban J connectivity index is 1.91. The summed E-state index contributed by atoms with van der Waals surface area (Å²) in [6.45, 7) is 0. The van der Waals surface area contributed by atoms with Crippen LogP contribution in [0.3, 0.4) is 0 Å². The van der Waals surface area contributed by atoms with E-state index in [0.29, 0.717) is 5.92 Å². The van der Waals surface area contributed by atoms with Gasteiger partial charge >= 0.3 is 0 Å². The van der Waals surface area contributed by atoms with E-state index in [4.69, 9.17) is 5.26 Å². The molecule has 98 valence electrons. The number of aromatic nitrogens is 4. The molecule has 2 heterocycles. The Labute approximate surface area is 119 Å². The topological polar surface area (TPSA) is 67.4 Å². The molecule has 2 aromatic heterocycles. The summed E-state index contributed by atoms with van der Waals surface area (Å²) in [7, 11) is 0. The Bertz CT molecular complexity index is 822. The van der Waals surface area contributed by atoms with E-state index in [2.05, 4.69) is 20.4 Å². The molecule has 1 aromatic carbocycles. The van der Waals surface area contributed by atoms with Gasteiger partial charge in [-0.2, -0.15) is 9.64 Å². The predicted octanol–water partition coefficient (Wildman–Crippen LogP) is 2.82. The normalized spacial score (nSPS) is 14.6. The lowest BCUT2D eigenvalue weighted by atomic mass is 10.3. The number of hydrogen-bond acceptors (Lipinski definition) is 5. The quantitative estimate of drug-likeness (QED) is 0.740. The van der Waals surface area contributed by atoms with E-state index in [9.17, 15) is 0 Å². The average Bonchev–Trinajstić information content (AvgIpc) is 3.09. The summed E-state index contributed by atoms with van der Waals surface area (Å²) in [6, 6.07) is 10.0. The number of para-hydroxylation sites is 2. The van der Waals surface area contributed by atoms with E-state index in [-0.39, 0.29) is 6.42 Å². The fraction of sp³-hybridized carbons (Fsp3) is 0.286. The number of rotatable bonds is 3. The fourth-order valence-electron chi connectivity index (χ4n) is 2.30. The van der Waals surface area contributed by atoms with Crippen molar-refractivity contribution in [1.29, 1.82) is 5.26 Å². The summed E-state index contributed by atoms with van der Waals surface area (Å²) in [5.41, 5.74) is 1.87. The third kappa shape index (κ3) is 1.79. The van der Waals surface area contributed by atoms with Crippen LogP contribution in [0.1, 0.15) is 30.4 Å². The monoisotopic (exact) mass is 281 g/mol. The molecule has 5 nitrogen and oxygen atoms in total. The van der Waals surface area contributed by atoms with Gasteiger partial charge in [-0.25, -0.2) is 9.97 Å². The zero-order chi connectivity index (χ0) is 13.5. The lowest BCUT2D eigenvalue weighted by Crippen LogP contribution is -2.00. The van der Waals surface area contributed by atoms with Gasteiger partial charge in [0.2, 0.25) is 5.13 Å². The zero-order valence-corrected chi connectivity index (χ0v) is 11.5. The maximum absolute atomic E-state index is 8.98. The molecule has 0 bridgehead atoms. The Morgan fingerprint density at radius 1 is 1.30 bits per heavy atom. The van der Waals surface area contributed by atoms with Crippen LogP contribution in [0, 0.1) is 11.3 Å². The minimum Gasteiger partial charge on any atom is -0.269 e. The molecular weight excluding hydrogens is 270 g/mol. The van der Waals surface area contributed by atoms with Gasteiger partial charge in [0.1, 0.15) is 11.6 Å². The van der Waals surface area contributed by atoms with Crippen LogP contribution in [-0.2, 0) is 6.42 Å². The van der Waals surface area contributed by atoms with Gasteiger partial charge in [-0.3, -0.25) is 4.57 Å². The standard InChI is InChI=1S/C14H11N5S/c15-8-7-12-16-10-3-1-2-4-11(10)19(12)14-17-13(18-20-14)9-5-6-9/h1-4,9H,5-7H2. The van der Waals surface area contributed by atoms with Crippen molar-refractivity contribution >= 4 is 22.6 Å². The molecule has 6 heteroatoms. The van der Waals surface area contributed by atoms with E-state index in [1.807, 2.05) is 28.8 Å². The summed E-state index contributed by atoms with van der Waals surface area (Å²) < 4.78 is 6.40. The predicted molar refractivity (Wildman–Crippen MR) is 75.8 cm³/mol. The second-order valence-electron chi connectivity index (χ2n) is 4.90. The van der Waals surface area contributed by atoms with Crippen molar-refractivity contribution in [2.75, 3.05) is 0 Å². The number of fused-ring (bicyclic) bond motifs is 1. The third-order valence-electron chi connectivity index (χ3n) is 3.43. The Morgan fingerprint density at radius 2 is 2.15 bits per heavy atom. The Morgan fingerprint density at radius 3 is 2.95 bits per heavy atom. The van der Waals surface area contributed by atoms with E-state index < -0.39 is 0 Å². The first-order valence-electron chi connectivity index (χ1n) is 6.54. The Kier molecular flexibility index (Phi) is 2.54. The second-order valence-corrected chi connectivity index (χ2v) is 5.63. The smallest absolute Gasteiger partial charge is 0.215 e. The molecular formula is C14H11N5S. The highest BCUT2D eigenvalue weighted by atomic mass is 32.1. The highest BCUT2D eigenvalue weighted by Gasteiger charge is 2.28. The lowest BCUT2D eigenvalue weighted by molar-refractivity contribution is 0.912. The van der Waals surface area contributed by atoms with Crippen LogP contribution in [0.5, 0.6) is 0 Å². The van der Waals surface area contributed by atoms with Crippen molar-refractivity contribution in [3.63, 3.8) is 0 Å². The zero-order valence-electron chi connectivity index (χ0n) is 10.7. The van der Waals surface area contributed by atoms with Gasteiger partial charge in [-0.05, 0) is 25.0 Å². The van der Waals surface area contributed by atoms with Crippen molar-refractivity contribution in [3.8, 4) is 11.2 Å². The van der Waals surface area contributed by atoms with E-state index in [0.717, 1.165) is 27.8 Å². The van der Waals surface area contributed by atoms with Crippen LogP contribution < -0.4 is 0 Å². The van der Waals surface area contributed by atoms with Crippen LogP contribution in [0.15, 0.2) is 24.3 Å². The van der Waals surface area contributed by atoms with Crippen LogP contribution in [0.4, 0.5) is 0 Å². The highest BCUT2D eigenvalue weighted by molar-refractivity contribution is 7.08. The first-order valence-corrected chi connectivity index (χ1v) is 7.31. The maximum Gasteiger partial charge on any atom is 0.215 e. The molecule has 1 aliphatic rings. The molecule has 0 unspecified atom stereocenters. The van der Waals surface area contributed by atoms with Crippen LogP contribution in [0.2, 0.25) is 0 Å². The molecule has 0 atom stereocenters. The van der Waals surface area contributed by atoms with E-state index in [1.165, 1.54) is 24.4 Å². The summed E-state index contributed by atoms with van der Waals surface area (Å²) in [4.78, 5) is 9.16. The largest absolute Gasteiger partial charge is 0.269 e. The molecule has 0 radical (unpaired) electrons. The second kappa shape index (κ2) is 4.39. The van der Waals surface area contributed by atoms with Crippen LogP contribution >= 0.6 is 11.5 Å². The summed E-state index contributed by atoms with van der Waals surface area (Å²) >= 11 is 1.38. The van der Waals surface area contributed by atoms with Crippen molar-refractivity contribution < 1.29 is 0 Å². The third-order valence-corrected chi connectivity index (χ3v) is 4.15. The van der Waals surface area contributed by atoms with Gasteiger partial charge in [0.05, 0.1) is 23.5 Å². The first-order chi connectivity index (χ1) is 9.86. The molecule has 0 spiro atoms. The minimum absolute atomic E-state index is 0.271. The molecule has 0 amide bonds. The summed E-state index contributed by atoms with van der Waals surface area (Å²) in [6.07, 6.45) is 2.64. The number of benzene rings is 1. The van der Waals surface area contributed by atoms with Crippen molar-refractivity contribution in [1.82, 2.24) is 18.9 Å². The molecule has 0 aliphatic heterocycles. The van der Waals surface area contributed by atoms with Gasteiger partial charge in [-0.1, -0.05) is 12.1 Å². The first kappa shape index (κ1) is 11.6. The van der Waals surface area contributed by atoms with Gasteiger partial charge in [0, 0.05) is 17.5 Å².